The number of anilines is 1. The highest BCUT2D eigenvalue weighted by Gasteiger charge is 2.41. The van der Waals surface area contributed by atoms with E-state index in [1.54, 1.807) is 0 Å². The van der Waals surface area contributed by atoms with Crippen LogP contribution in [0.3, 0.4) is 0 Å². The van der Waals surface area contributed by atoms with Crippen LogP contribution in [0.25, 0.3) is 0 Å². The first-order valence-electron chi connectivity index (χ1n) is 6.92. The van der Waals surface area contributed by atoms with Crippen molar-refractivity contribution >= 4 is 39.2 Å². The van der Waals surface area contributed by atoms with E-state index >= 15 is 0 Å². The molecular formula is C16H17NO2S3. The van der Waals surface area contributed by atoms with Crippen molar-refractivity contribution in [1.29, 1.82) is 0 Å². The van der Waals surface area contributed by atoms with Gasteiger partial charge < -0.3 is 0 Å². The van der Waals surface area contributed by atoms with Crippen molar-refractivity contribution in [2.75, 3.05) is 22.5 Å². The Kier molecular flexibility index (Phi) is 4.43. The third kappa shape index (κ3) is 3.14. The lowest BCUT2D eigenvalue weighted by atomic mass is 10.0. The van der Waals surface area contributed by atoms with Gasteiger partial charge in [0.15, 0.2) is 0 Å². The third-order valence-electron chi connectivity index (χ3n) is 3.42. The van der Waals surface area contributed by atoms with E-state index in [1.165, 1.54) is 11.8 Å². The molecule has 1 saturated heterocycles. The van der Waals surface area contributed by atoms with Crippen LogP contribution in [0.1, 0.15) is 11.1 Å². The first-order valence-corrected chi connectivity index (χ1v) is 10.8. The highest BCUT2D eigenvalue weighted by atomic mass is 32.2. The molecule has 0 radical (unpaired) electrons. The van der Waals surface area contributed by atoms with Crippen molar-refractivity contribution in [3.8, 4) is 0 Å². The van der Waals surface area contributed by atoms with Gasteiger partial charge in [0.2, 0.25) is 10.0 Å². The molecule has 2 aromatic rings. The molecule has 1 aliphatic heterocycles. The molecule has 1 aliphatic rings. The van der Waals surface area contributed by atoms with Gasteiger partial charge in [0.1, 0.15) is 4.08 Å². The van der Waals surface area contributed by atoms with Gasteiger partial charge in [0.05, 0.1) is 11.9 Å². The second-order valence-electron chi connectivity index (χ2n) is 5.10. The summed E-state index contributed by atoms with van der Waals surface area (Å²) in [5.74, 6) is 2.10. The van der Waals surface area contributed by atoms with Gasteiger partial charge in [-0.25, -0.2) is 8.42 Å². The molecule has 0 bridgehead atoms. The number of hydrogen-bond donors (Lipinski definition) is 1. The van der Waals surface area contributed by atoms with Crippen molar-refractivity contribution in [3.05, 3.63) is 65.7 Å². The number of para-hydroxylation sites is 1. The van der Waals surface area contributed by atoms with Crippen LogP contribution in [-0.4, -0.2) is 26.2 Å². The Morgan fingerprint density at radius 3 is 2.18 bits per heavy atom. The summed E-state index contributed by atoms with van der Waals surface area (Å²) in [6, 6.07) is 18.0. The smallest absolute Gasteiger partial charge is 0.229 e. The zero-order chi connectivity index (χ0) is 15.6. The zero-order valence-electron chi connectivity index (χ0n) is 12.2. The Morgan fingerprint density at radius 1 is 0.955 bits per heavy atom. The highest BCUT2D eigenvalue weighted by Crippen LogP contribution is 2.57. The van der Waals surface area contributed by atoms with E-state index in [4.69, 9.17) is 0 Å². The number of benzene rings is 2. The van der Waals surface area contributed by atoms with Crippen LogP contribution in [0.5, 0.6) is 0 Å². The van der Waals surface area contributed by atoms with Gasteiger partial charge in [-0.1, -0.05) is 48.5 Å². The van der Waals surface area contributed by atoms with E-state index in [-0.39, 0.29) is 4.08 Å². The lowest BCUT2D eigenvalue weighted by molar-refractivity contribution is 0.606. The monoisotopic (exact) mass is 351 g/mol. The summed E-state index contributed by atoms with van der Waals surface area (Å²) in [4.78, 5) is 0. The minimum Gasteiger partial charge on any atom is -0.283 e. The maximum atomic E-state index is 11.7. The molecule has 1 N–H and O–H groups in total. The van der Waals surface area contributed by atoms with Crippen LogP contribution in [-0.2, 0) is 14.1 Å². The third-order valence-corrected chi connectivity index (χ3v) is 7.52. The molecule has 2 aromatic carbocycles. The minimum absolute atomic E-state index is 0.254. The van der Waals surface area contributed by atoms with Crippen molar-refractivity contribution in [3.63, 3.8) is 0 Å². The predicted octanol–water partition coefficient (Wildman–Crippen LogP) is 3.74. The molecular weight excluding hydrogens is 334 g/mol. The Labute approximate surface area is 139 Å². The van der Waals surface area contributed by atoms with Gasteiger partial charge in [0.25, 0.3) is 0 Å². The summed E-state index contributed by atoms with van der Waals surface area (Å²) >= 11 is 3.73. The van der Waals surface area contributed by atoms with E-state index in [0.29, 0.717) is 5.69 Å². The number of sulfonamides is 1. The summed E-state index contributed by atoms with van der Waals surface area (Å²) in [5.41, 5.74) is 2.88. The molecule has 0 aliphatic carbocycles. The van der Waals surface area contributed by atoms with E-state index in [2.05, 4.69) is 16.9 Å². The van der Waals surface area contributed by atoms with E-state index in [1.807, 2.05) is 66.0 Å². The van der Waals surface area contributed by atoms with Crippen molar-refractivity contribution in [1.82, 2.24) is 0 Å². The van der Waals surface area contributed by atoms with Crippen LogP contribution in [0, 0.1) is 0 Å². The molecule has 1 fully saturated rings. The molecule has 3 rings (SSSR count). The fraction of sp³-hybridized carbons (Fsp3) is 0.250. The fourth-order valence-electron chi connectivity index (χ4n) is 2.61. The topological polar surface area (TPSA) is 46.2 Å². The average molecular weight is 352 g/mol. The molecule has 116 valence electrons. The van der Waals surface area contributed by atoms with E-state index in [0.717, 1.165) is 17.1 Å². The maximum absolute atomic E-state index is 11.7. The molecule has 6 heteroatoms. The van der Waals surface area contributed by atoms with Crippen molar-refractivity contribution < 1.29 is 8.42 Å². The molecule has 0 atom stereocenters. The van der Waals surface area contributed by atoms with Crippen LogP contribution in [0.15, 0.2) is 54.6 Å². The van der Waals surface area contributed by atoms with Gasteiger partial charge in [0, 0.05) is 17.1 Å². The Balaban J connectivity index is 2.15. The number of thioether (sulfide) groups is 2. The fourth-order valence-corrected chi connectivity index (χ4v) is 6.53. The second-order valence-corrected chi connectivity index (χ2v) is 9.72. The Hall–Kier alpha value is -1.11. The Morgan fingerprint density at radius 2 is 1.55 bits per heavy atom. The van der Waals surface area contributed by atoms with Crippen LogP contribution < -0.4 is 4.72 Å². The predicted molar refractivity (Wildman–Crippen MR) is 97.0 cm³/mol. The van der Waals surface area contributed by atoms with Crippen molar-refractivity contribution in [2.24, 2.45) is 0 Å². The highest BCUT2D eigenvalue weighted by molar-refractivity contribution is 8.20. The quantitative estimate of drug-likeness (QED) is 0.911. The van der Waals surface area contributed by atoms with Crippen LogP contribution in [0.4, 0.5) is 5.69 Å². The average Bonchev–Trinajstić information content (AvgIpc) is 2.98. The maximum Gasteiger partial charge on any atom is 0.229 e. The minimum atomic E-state index is -3.31. The van der Waals surface area contributed by atoms with Gasteiger partial charge in [-0.05, 0) is 11.6 Å². The van der Waals surface area contributed by atoms with Gasteiger partial charge in [-0.3, -0.25) is 4.72 Å². The van der Waals surface area contributed by atoms with Crippen molar-refractivity contribution in [2.45, 2.75) is 4.08 Å². The molecule has 1 heterocycles. The summed E-state index contributed by atoms with van der Waals surface area (Å²) in [7, 11) is -3.31. The molecule has 0 aromatic heterocycles. The molecule has 3 nitrogen and oxygen atoms in total. The summed E-state index contributed by atoms with van der Waals surface area (Å²) in [6.45, 7) is 0. The first-order chi connectivity index (χ1) is 10.5. The summed E-state index contributed by atoms with van der Waals surface area (Å²) in [5, 5.41) is 0. The lowest BCUT2D eigenvalue weighted by Gasteiger charge is -2.30. The van der Waals surface area contributed by atoms with Crippen LogP contribution in [0.2, 0.25) is 0 Å². The molecule has 0 amide bonds. The zero-order valence-corrected chi connectivity index (χ0v) is 14.6. The standard InChI is InChI=1S/C16H17NO2S3/c1-22(18,19)17-15-10-6-5-9-14(15)16(20-11-12-21-16)13-7-3-2-4-8-13/h2-10,17H,11-12H2,1H3. The Bertz CT molecular complexity index is 754. The van der Waals surface area contributed by atoms with Gasteiger partial charge in [-0.15, -0.1) is 23.5 Å². The molecule has 0 unspecified atom stereocenters. The largest absolute Gasteiger partial charge is 0.283 e. The molecule has 0 saturated carbocycles. The molecule has 22 heavy (non-hydrogen) atoms. The molecule has 0 spiro atoms. The number of hydrogen-bond acceptors (Lipinski definition) is 4. The number of nitrogens with one attached hydrogen (secondary N) is 1. The van der Waals surface area contributed by atoms with Gasteiger partial charge >= 0.3 is 0 Å². The lowest BCUT2D eigenvalue weighted by Crippen LogP contribution is -2.20. The number of rotatable bonds is 4. The summed E-state index contributed by atoms with van der Waals surface area (Å²) in [6.07, 6.45) is 1.19. The first kappa shape index (κ1) is 15.8. The summed E-state index contributed by atoms with van der Waals surface area (Å²) < 4.78 is 25.8. The van der Waals surface area contributed by atoms with Gasteiger partial charge in [-0.2, -0.15) is 0 Å². The normalized spacial score (nSPS) is 17.3. The van der Waals surface area contributed by atoms with E-state index in [9.17, 15) is 8.42 Å². The second kappa shape index (κ2) is 6.18. The van der Waals surface area contributed by atoms with E-state index < -0.39 is 10.0 Å². The SMILES string of the molecule is CS(=O)(=O)Nc1ccccc1C1(c2ccccc2)SCCS1. The van der Waals surface area contributed by atoms with Crippen LogP contribution >= 0.6 is 23.5 Å².